The third kappa shape index (κ3) is 4.04. The van der Waals surface area contributed by atoms with Crippen molar-refractivity contribution < 1.29 is 26.3 Å². The molecule has 0 radical (unpaired) electrons. The molecule has 0 saturated heterocycles. The van der Waals surface area contributed by atoms with Crippen LogP contribution in [0.5, 0.6) is 0 Å². The Morgan fingerprint density at radius 3 is 2.47 bits per heavy atom. The molecule has 4 heterocycles. The third-order valence-corrected chi connectivity index (χ3v) is 4.34. The molecule has 4 rings (SSSR count). The summed E-state index contributed by atoms with van der Waals surface area (Å²) < 4.78 is 80.2. The number of rotatable bonds is 4. The van der Waals surface area contributed by atoms with E-state index in [4.69, 9.17) is 0 Å². The van der Waals surface area contributed by atoms with Gasteiger partial charge in [-0.15, -0.1) is 0 Å². The Kier molecular flexibility index (Phi) is 5.17. The molecule has 0 aliphatic heterocycles. The molecule has 1 N–H and O–H groups in total. The summed E-state index contributed by atoms with van der Waals surface area (Å²) in [4.78, 5) is 11.3. The Hall–Kier alpha value is -4.14. The normalized spacial score (nSPS) is 11.7. The van der Waals surface area contributed by atoms with Gasteiger partial charge in [0.25, 0.3) is 6.43 Å². The van der Waals surface area contributed by atoms with Crippen molar-refractivity contribution in [3.05, 3.63) is 71.6 Å². The van der Waals surface area contributed by atoms with Crippen LogP contribution < -0.4 is 5.32 Å². The largest absolute Gasteiger partial charge is 0.433 e. The van der Waals surface area contributed by atoms with Gasteiger partial charge >= 0.3 is 6.18 Å². The van der Waals surface area contributed by atoms with Crippen LogP contribution in [0.3, 0.4) is 0 Å². The summed E-state index contributed by atoms with van der Waals surface area (Å²) in [6, 6.07) is 8.47. The average Bonchev–Trinajstić information content (AvgIpc) is 3.12. The first-order chi connectivity index (χ1) is 15.2. The second-order valence-corrected chi connectivity index (χ2v) is 6.51. The number of nitriles is 1. The topological polar surface area (TPSA) is 78.9 Å². The standard InChI is InChI=1S/C20H10F6N6/c21-11-1-4-16-31-17(19(22)23)18(32(16)9-11)13-5-10(7-27)6-15(30-13)29-12-2-3-14(28-8-12)20(24,25)26/h1-6,8-9,19H,(H,29,30). The minimum absolute atomic E-state index is 0.0175. The van der Waals surface area contributed by atoms with Gasteiger partial charge in [-0.1, -0.05) is 0 Å². The van der Waals surface area contributed by atoms with Crippen molar-refractivity contribution in [1.29, 1.82) is 5.26 Å². The molecular weight excluding hydrogens is 438 g/mol. The Labute approximate surface area is 175 Å². The van der Waals surface area contributed by atoms with Gasteiger partial charge in [0.15, 0.2) is 0 Å². The second-order valence-electron chi connectivity index (χ2n) is 6.51. The SMILES string of the molecule is N#Cc1cc(Nc2ccc(C(F)(F)F)nc2)nc(-c2c(C(F)F)nc3ccc(F)cn23)c1. The van der Waals surface area contributed by atoms with Crippen LogP contribution in [0.2, 0.25) is 0 Å². The lowest BCUT2D eigenvalue weighted by molar-refractivity contribution is -0.141. The predicted octanol–water partition coefficient (Wildman–Crippen LogP) is 5.50. The predicted molar refractivity (Wildman–Crippen MR) is 101 cm³/mol. The number of alkyl halides is 5. The average molecular weight is 448 g/mol. The molecule has 4 aromatic heterocycles. The van der Waals surface area contributed by atoms with Crippen molar-refractivity contribution in [3.8, 4) is 17.5 Å². The lowest BCUT2D eigenvalue weighted by Crippen LogP contribution is -2.07. The fourth-order valence-corrected chi connectivity index (χ4v) is 3.01. The van der Waals surface area contributed by atoms with E-state index >= 15 is 0 Å². The van der Waals surface area contributed by atoms with Crippen LogP contribution in [0.1, 0.15) is 23.4 Å². The number of halogens is 6. The van der Waals surface area contributed by atoms with Gasteiger partial charge in [-0.3, -0.25) is 4.40 Å². The number of hydrogen-bond donors (Lipinski definition) is 1. The van der Waals surface area contributed by atoms with Crippen molar-refractivity contribution in [2.45, 2.75) is 12.6 Å². The lowest BCUT2D eigenvalue weighted by atomic mass is 10.1. The van der Waals surface area contributed by atoms with E-state index in [0.29, 0.717) is 0 Å². The molecule has 0 aliphatic rings. The highest BCUT2D eigenvalue weighted by Crippen LogP contribution is 2.33. The summed E-state index contributed by atoms with van der Waals surface area (Å²) in [5.41, 5.74) is -1.92. The van der Waals surface area contributed by atoms with E-state index in [1.165, 1.54) is 18.2 Å². The van der Waals surface area contributed by atoms with E-state index < -0.39 is 29.8 Å². The van der Waals surface area contributed by atoms with Crippen LogP contribution in [-0.2, 0) is 6.18 Å². The van der Waals surface area contributed by atoms with Crippen molar-refractivity contribution in [1.82, 2.24) is 19.4 Å². The summed E-state index contributed by atoms with van der Waals surface area (Å²) in [5, 5.41) is 12.0. The Bertz CT molecular complexity index is 1340. The molecule has 0 aliphatic carbocycles. The van der Waals surface area contributed by atoms with E-state index in [-0.39, 0.29) is 34.1 Å². The first kappa shape index (κ1) is 21.1. The van der Waals surface area contributed by atoms with Gasteiger partial charge in [-0.25, -0.2) is 28.1 Å². The van der Waals surface area contributed by atoms with Gasteiger partial charge < -0.3 is 5.32 Å². The van der Waals surface area contributed by atoms with E-state index in [0.717, 1.165) is 35.0 Å². The highest BCUT2D eigenvalue weighted by molar-refractivity contribution is 5.69. The van der Waals surface area contributed by atoms with Crippen LogP contribution in [0.15, 0.2) is 48.8 Å². The molecule has 6 nitrogen and oxygen atoms in total. The molecule has 0 fully saturated rings. The summed E-state index contributed by atoms with van der Waals surface area (Å²) in [5.74, 6) is -0.727. The summed E-state index contributed by atoms with van der Waals surface area (Å²) in [6.07, 6.45) is -5.76. The first-order valence-corrected chi connectivity index (χ1v) is 8.84. The van der Waals surface area contributed by atoms with E-state index in [1.807, 2.05) is 6.07 Å². The molecule has 0 amide bonds. The smallest absolute Gasteiger partial charge is 0.339 e. The maximum absolute atomic E-state index is 13.8. The molecule has 12 heteroatoms. The van der Waals surface area contributed by atoms with E-state index in [9.17, 15) is 31.6 Å². The number of fused-ring (bicyclic) bond motifs is 1. The van der Waals surface area contributed by atoms with Crippen molar-refractivity contribution in [2.24, 2.45) is 0 Å². The minimum Gasteiger partial charge on any atom is -0.339 e. The van der Waals surface area contributed by atoms with Gasteiger partial charge in [0.2, 0.25) is 0 Å². The molecule has 0 saturated carbocycles. The van der Waals surface area contributed by atoms with Crippen molar-refractivity contribution >= 4 is 17.2 Å². The van der Waals surface area contributed by atoms with Gasteiger partial charge in [0.05, 0.1) is 29.2 Å². The maximum Gasteiger partial charge on any atom is 0.433 e. The fourth-order valence-electron chi connectivity index (χ4n) is 3.01. The molecular formula is C20H10F6N6. The quantitative estimate of drug-likeness (QED) is 0.417. The number of nitrogens with one attached hydrogen (secondary N) is 1. The third-order valence-electron chi connectivity index (χ3n) is 4.34. The zero-order valence-corrected chi connectivity index (χ0v) is 15.7. The van der Waals surface area contributed by atoms with Crippen LogP contribution in [0.25, 0.3) is 17.0 Å². The molecule has 0 spiro atoms. The Morgan fingerprint density at radius 1 is 1.06 bits per heavy atom. The van der Waals surface area contributed by atoms with Gasteiger partial charge in [-0.05, 0) is 36.4 Å². The van der Waals surface area contributed by atoms with Crippen LogP contribution in [0.4, 0.5) is 37.8 Å². The first-order valence-electron chi connectivity index (χ1n) is 8.84. The molecule has 4 aromatic rings. The summed E-state index contributed by atoms with van der Waals surface area (Å²) in [6.45, 7) is 0. The minimum atomic E-state index is -4.62. The fraction of sp³-hybridized carbons (Fsp3) is 0.100. The second kappa shape index (κ2) is 7.84. The lowest BCUT2D eigenvalue weighted by Gasteiger charge is -2.11. The molecule has 0 unspecified atom stereocenters. The van der Waals surface area contributed by atoms with Crippen LogP contribution >= 0.6 is 0 Å². The molecule has 0 bridgehead atoms. The highest BCUT2D eigenvalue weighted by atomic mass is 19.4. The zero-order valence-electron chi connectivity index (χ0n) is 15.7. The molecule has 0 aromatic carbocycles. The van der Waals surface area contributed by atoms with E-state index in [2.05, 4.69) is 20.3 Å². The molecule has 0 atom stereocenters. The number of aromatic nitrogens is 4. The summed E-state index contributed by atoms with van der Waals surface area (Å²) in [7, 11) is 0. The zero-order chi connectivity index (χ0) is 23.0. The molecule has 32 heavy (non-hydrogen) atoms. The van der Waals surface area contributed by atoms with Crippen molar-refractivity contribution in [3.63, 3.8) is 0 Å². The Morgan fingerprint density at radius 2 is 1.84 bits per heavy atom. The summed E-state index contributed by atoms with van der Waals surface area (Å²) >= 11 is 0. The van der Waals surface area contributed by atoms with Crippen LogP contribution in [0, 0.1) is 17.1 Å². The maximum atomic E-state index is 13.8. The van der Waals surface area contributed by atoms with Gasteiger partial charge in [0, 0.05) is 6.20 Å². The number of pyridine rings is 3. The monoisotopic (exact) mass is 448 g/mol. The van der Waals surface area contributed by atoms with E-state index in [1.54, 1.807) is 0 Å². The highest BCUT2D eigenvalue weighted by Gasteiger charge is 2.32. The Balaban J connectivity index is 1.81. The number of imidazole rings is 1. The number of anilines is 2. The van der Waals surface area contributed by atoms with Gasteiger partial charge in [-0.2, -0.15) is 18.4 Å². The van der Waals surface area contributed by atoms with Crippen molar-refractivity contribution in [2.75, 3.05) is 5.32 Å². The van der Waals surface area contributed by atoms with Crippen LogP contribution in [-0.4, -0.2) is 19.4 Å². The van der Waals surface area contributed by atoms with Gasteiger partial charge in [0.1, 0.15) is 34.4 Å². The number of hydrogen-bond acceptors (Lipinski definition) is 5. The number of nitrogens with zero attached hydrogens (tertiary/aromatic N) is 5. The molecule has 162 valence electrons.